The monoisotopic (exact) mass is 487 g/mol. The van der Waals surface area contributed by atoms with Crippen molar-refractivity contribution in [1.82, 2.24) is 0 Å². The Bertz CT molecular complexity index is 1480. The molecule has 1 aliphatic heterocycles. The number of hydrogen-bond donors (Lipinski definition) is 0. The van der Waals surface area contributed by atoms with Crippen LogP contribution in [0, 0.1) is 0 Å². The first-order valence-corrected chi connectivity index (χ1v) is 11.9. The smallest absolute Gasteiger partial charge is 0.282 e. The predicted molar refractivity (Wildman–Crippen MR) is 147 cm³/mol. The number of amides is 2. The molecule has 0 aromatic heterocycles. The maximum absolute atomic E-state index is 13.6. The van der Waals surface area contributed by atoms with Crippen molar-refractivity contribution >= 4 is 35.1 Å². The first-order valence-electron chi connectivity index (χ1n) is 11.9. The Morgan fingerprint density at radius 1 is 0.811 bits per heavy atom. The van der Waals surface area contributed by atoms with E-state index in [1.54, 1.807) is 22.9 Å². The van der Waals surface area contributed by atoms with Crippen molar-refractivity contribution < 1.29 is 14.3 Å². The van der Waals surface area contributed by atoms with Gasteiger partial charge in [0.05, 0.1) is 5.69 Å². The molecule has 1 aliphatic rings. The lowest BCUT2D eigenvalue weighted by atomic mass is 10.1. The quantitative estimate of drug-likeness (QED) is 0.300. The minimum atomic E-state index is -0.226. The van der Waals surface area contributed by atoms with Crippen LogP contribution in [0.4, 0.5) is 11.4 Å². The summed E-state index contributed by atoms with van der Waals surface area (Å²) in [6.07, 6.45) is 1.77. The molecule has 0 saturated carbocycles. The van der Waals surface area contributed by atoms with Gasteiger partial charge in [-0.2, -0.15) is 0 Å². The molecule has 4 aromatic carbocycles. The molecular weight excluding hydrogens is 462 g/mol. The minimum absolute atomic E-state index is 0.0676. The standard InChI is InChI=1S/C31H25N3O3/c1-22(35)33(2)25-15-17-26(18-16-25)34-30(24-9-5-3-6-10-24)32-29(31(34)36)21-23-13-19-28(20-14-23)37-27-11-7-4-8-12-27/h3-21H,1-2H3. The van der Waals surface area contributed by atoms with Crippen LogP contribution < -0.4 is 14.5 Å². The molecule has 0 fully saturated rings. The zero-order chi connectivity index (χ0) is 25.8. The van der Waals surface area contributed by atoms with Crippen LogP contribution >= 0.6 is 0 Å². The number of carbonyl (C=O) groups is 2. The first kappa shape index (κ1) is 23.8. The predicted octanol–water partition coefficient (Wildman–Crippen LogP) is 6.30. The molecule has 0 aliphatic carbocycles. The number of para-hydroxylation sites is 1. The van der Waals surface area contributed by atoms with Gasteiger partial charge in [-0.05, 0) is 60.2 Å². The second kappa shape index (κ2) is 10.3. The zero-order valence-electron chi connectivity index (χ0n) is 20.5. The number of rotatable bonds is 6. The highest BCUT2D eigenvalue weighted by atomic mass is 16.5. The molecule has 0 bridgehead atoms. The van der Waals surface area contributed by atoms with Crippen LogP contribution in [0.15, 0.2) is 120 Å². The topological polar surface area (TPSA) is 62.2 Å². The van der Waals surface area contributed by atoms with Gasteiger partial charge in [0.25, 0.3) is 5.91 Å². The Morgan fingerprint density at radius 3 is 2.03 bits per heavy atom. The van der Waals surface area contributed by atoms with Gasteiger partial charge in [-0.3, -0.25) is 14.5 Å². The third-order valence-electron chi connectivity index (χ3n) is 6.02. The number of carbonyl (C=O) groups excluding carboxylic acids is 2. The molecule has 6 nitrogen and oxygen atoms in total. The molecular formula is C31H25N3O3. The molecule has 5 rings (SSSR count). The third-order valence-corrected chi connectivity index (χ3v) is 6.02. The molecule has 0 atom stereocenters. The van der Waals surface area contributed by atoms with Gasteiger partial charge in [0, 0.05) is 25.2 Å². The van der Waals surface area contributed by atoms with Crippen LogP contribution in [0.3, 0.4) is 0 Å². The van der Waals surface area contributed by atoms with Gasteiger partial charge >= 0.3 is 0 Å². The average molecular weight is 488 g/mol. The van der Waals surface area contributed by atoms with E-state index >= 15 is 0 Å². The van der Waals surface area contributed by atoms with Gasteiger partial charge in [0.2, 0.25) is 5.91 Å². The molecule has 0 spiro atoms. The van der Waals surface area contributed by atoms with Crippen molar-refractivity contribution in [2.75, 3.05) is 16.8 Å². The van der Waals surface area contributed by atoms with Crippen molar-refractivity contribution in [1.29, 1.82) is 0 Å². The summed E-state index contributed by atoms with van der Waals surface area (Å²) in [7, 11) is 1.71. The number of benzene rings is 4. The van der Waals surface area contributed by atoms with Crippen LogP contribution in [-0.2, 0) is 9.59 Å². The summed E-state index contributed by atoms with van der Waals surface area (Å²) in [5, 5.41) is 0. The molecule has 0 unspecified atom stereocenters. The summed E-state index contributed by atoms with van der Waals surface area (Å²) in [4.78, 5) is 33.2. The Labute approximate surface area is 215 Å². The Morgan fingerprint density at radius 2 is 1.41 bits per heavy atom. The van der Waals surface area contributed by atoms with E-state index in [0.29, 0.717) is 23.0 Å². The van der Waals surface area contributed by atoms with E-state index in [1.165, 1.54) is 6.92 Å². The molecule has 37 heavy (non-hydrogen) atoms. The molecule has 1 heterocycles. The fourth-order valence-corrected chi connectivity index (χ4v) is 3.96. The van der Waals surface area contributed by atoms with E-state index in [2.05, 4.69) is 0 Å². The van der Waals surface area contributed by atoms with E-state index in [1.807, 2.05) is 109 Å². The lowest BCUT2D eigenvalue weighted by Crippen LogP contribution is -2.32. The van der Waals surface area contributed by atoms with Crippen LogP contribution in [0.25, 0.3) is 6.08 Å². The highest BCUT2D eigenvalue weighted by molar-refractivity contribution is 6.33. The second-order valence-electron chi connectivity index (χ2n) is 8.55. The Kier molecular flexibility index (Phi) is 6.64. The summed E-state index contributed by atoms with van der Waals surface area (Å²) < 4.78 is 5.87. The number of hydrogen-bond acceptors (Lipinski definition) is 4. The molecule has 0 N–H and O–H groups in total. The van der Waals surface area contributed by atoms with Crippen molar-refractivity contribution in [3.8, 4) is 11.5 Å². The van der Waals surface area contributed by atoms with Crippen molar-refractivity contribution in [2.45, 2.75) is 6.92 Å². The van der Waals surface area contributed by atoms with Gasteiger partial charge in [0.1, 0.15) is 23.0 Å². The summed E-state index contributed by atoms with van der Waals surface area (Å²) in [5.41, 5.74) is 3.41. The second-order valence-corrected chi connectivity index (χ2v) is 8.55. The fourth-order valence-electron chi connectivity index (χ4n) is 3.96. The summed E-state index contributed by atoms with van der Waals surface area (Å²) >= 11 is 0. The Balaban J connectivity index is 1.45. The highest BCUT2D eigenvalue weighted by Crippen LogP contribution is 2.30. The highest BCUT2D eigenvalue weighted by Gasteiger charge is 2.32. The lowest BCUT2D eigenvalue weighted by Gasteiger charge is -2.20. The fraction of sp³-hybridized carbons (Fsp3) is 0.0645. The van der Waals surface area contributed by atoms with E-state index in [0.717, 1.165) is 22.6 Å². The SMILES string of the molecule is CC(=O)N(C)c1ccc(N2C(=O)C(=Cc3ccc(Oc4ccccc4)cc3)N=C2c2ccccc2)cc1. The number of anilines is 2. The lowest BCUT2D eigenvalue weighted by molar-refractivity contribution is -0.116. The molecule has 182 valence electrons. The molecule has 6 heteroatoms. The van der Waals surface area contributed by atoms with Gasteiger partial charge in [-0.25, -0.2) is 4.99 Å². The van der Waals surface area contributed by atoms with Gasteiger partial charge in [-0.1, -0.05) is 60.7 Å². The van der Waals surface area contributed by atoms with Crippen LogP contribution in [0.1, 0.15) is 18.1 Å². The minimum Gasteiger partial charge on any atom is -0.457 e. The average Bonchev–Trinajstić information content (AvgIpc) is 3.26. The van der Waals surface area contributed by atoms with Gasteiger partial charge in [-0.15, -0.1) is 0 Å². The van der Waals surface area contributed by atoms with E-state index in [4.69, 9.17) is 9.73 Å². The Hall–Kier alpha value is -4.97. The van der Waals surface area contributed by atoms with E-state index < -0.39 is 0 Å². The zero-order valence-corrected chi connectivity index (χ0v) is 20.5. The number of ether oxygens (including phenoxy) is 1. The van der Waals surface area contributed by atoms with Crippen molar-refractivity contribution in [2.24, 2.45) is 4.99 Å². The number of aliphatic imine (C=N–C) groups is 1. The number of amidine groups is 1. The normalized spacial score (nSPS) is 14.0. The van der Waals surface area contributed by atoms with Gasteiger partial charge in [0.15, 0.2) is 0 Å². The van der Waals surface area contributed by atoms with Crippen LogP contribution in [-0.4, -0.2) is 24.7 Å². The third kappa shape index (κ3) is 5.18. The molecule has 2 amide bonds. The maximum Gasteiger partial charge on any atom is 0.282 e. The van der Waals surface area contributed by atoms with Gasteiger partial charge < -0.3 is 9.64 Å². The van der Waals surface area contributed by atoms with Crippen LogP contribution in [0.5, 0.6) is 11.5 Å². The summed E-state index contributed by atoms with van der Waals surface area (Å²) in [6, 6.07) is 34.0. The molecule has 0 radical (unpaired) electrons. The largest absolute Gasteiger partial charge is 0.457 e. The van der Waals surface area contributed by atoms with E-state index in [9.17, 15) is 9.59 Å². The van der Waals surface area contributed by atoms with Crippen LogP contribution in [0.2, 0.25) is 0 Å². The van der Waals surface area contributed by atoms with Crippen molar-refractivity contribution in [3.63, 3.8) is 0 Å². The molecule has 0 saturated heterocycles. The summed E-state index contributed by atoms with van der Waals surface area (Å²) in [5.74, 6) is 1.72. The summed E-state index contributed by atoms with van der Waals surface area (Å²) in [6.45, 7) is 1.51. The maximum atomic E-state index is 13.6. The first-order chi connectivity index (χ1) is 18.0. The van der Waals surface area contributed by atoms with Crippen molar-refractivity contribution in [3.05, 3.63) is 126 Å². The van der Waals surface area contributed by atoms with E-state index in [-0.39, 0.29) is 11.8 Å². The molecule has 4 aromatic rings. The number of nitrogens with zero attached hydrogens (tertiary/aromatic N) is 3.